The molecular weight excluding hydrogens is 397 g/mol. The van der Waals surface area contributed by atoms with E-state index < -0.39 is 17.3 Å². The van der Waals surface area contributed by atoms with E-state index >= 15 is 0 Å². The Morgan fingerprint density at radius 3 is 2.69 bits per heavy atom. The molecule has 2 N–H and O–H groups in total. The van der Waals surface area contributed by atoms with Crippen LogP contribution in [-0.2, 0) is 4.79 Å². The lowest BCUT2D eigenvalue weighted by atomic mass is 10.3. The van der Waals surface area contributed by atoms with Gasteiger partial charge >= 0.3 is 0 Å². The van der Waals surface area contributed by atoms with Crippen LogP contribution in [0.1, 0.15) is 5.56 Å². The lowest BCUT2D eigenvalue weighted by Gasteiger charge is -2.13. The SMILES string of the molecule is COc1cccc(NC(=O)CSc2nc(O)c(C)c(=O)n2-c2ccc(F)cc2)c1. The van der Waals surface area contributed by atoms with Gasteiger partial charge in [0.25, 0.3) is 5.56 Å². The van der Waals surface area contributed by atoms with Crippen molar-refractivity contribution in [3.05, 3.63) is 70.3 Å². The van der Waals surface area contributed by atoms with Crippen molar-refractivity contribution >= 4 is 23.4 Å². The third-order valence-corrected chi connectivity index (χ3v) is 4.96. The molecule has 29 heavy (non-hydrogen) atoms. The highest BCUT2D eigenvalue weighted by Crippen LogP contribution is 2.23. The second-order valence-electron chi connectivity index (χ2n) is 6.03. The molecule has 0 saturated heterocycles. The number of methoxy groups -OCH3 is 1. The number of rotatable bonds is 6. The van der Waals surface area contributed by atoms with Gasteiger partial charge in [0.2, 0.25) is 11.8 Å². The minimum absolute atomic E-state index is 0.0551. The molecule has 3 rings (SSSR count). The monoisotopic (exact) mass is 415 g/mol. The number of ether oxygens (including phenoxy) is 1. The summed E-state index contributed by atoms with van der Waals surface area (Å²) in [6.07, 6.45) is 0. The Morgan fingerprint density at radius 2 is 2.00 bits per heavy atom. The van der Waals surface area contributed by atoms with Crippen LogP contribution in [-0.4, -0.2) is 33.4 Å². The van der Waals surface area contributed by atoms with Crippen molar-refractivity contribution in [1.82, 2.24) is 9.55 Å². The molecule has 1 amide bonds. The van der Waals surface area contributed by atoms with Crippen LogP contribution >= 0.6 is 11.8 Å². The van der Waals surface area contributed by atoms with Crippen LogP contribution in [0.3, 0.4) is 0 Å². The minimum Gasteiger partial charge on any atom is -0.497 e. The summed E-state index contributed by atoms with van der Waals surface area (Å²) in [5.41, 5.74) is 0.493. The fourth-order valence-corrected chi connectivity index (χ4v) is 3.32. The number of thioether (sulfide) groups is 1. The molecule has 2 aromatic carbocycles. The van der Waals surface area contributed by atoms with Crippen LogP contribution in [0, 0.1) is 12.7 Å². The van der Waals surface area contributed by atoms with Crippen LogP contribution in [0.5, 0.6) is 11.6 Å². The molecule has 0 fully saturated rings. The molecule has 1 heterocycles. The number of hydrogen-bond acceptors (Lipinski definition) is 6. The first-order valence-corrected chi connectivity index (χ1v) is 9.53. The number of aromatic hydroxyl groups is 1. The lowest BCUT2D eigenvalue weighted by molar-refractivity contribution is -0.113. The maximum Gasteiger partial charge on any atom is 0.265 e. The normalized spacial score (nSPS) is 10.6. The van der Waals surface area contributed by atoms with Gasteiger partial charge in [-0.25, -0.2) is 4.39 Å². The van der Waals surface area contributed by atoms with Gasteiger partial charge < -0.3 is 15.2 Å². The van der Waals surface area contributed by atoms with Crippen molar-refractivity contribution in [2.75, 3.05) is 18.2 Å². The predicted molar refractivity (Wildman–Crippen MR) is 109 cm³/mol. The molecule has 0 unspecified atom stereocenters. The molecule has 150 valence electrons. The van der Waals surface area contributed by atoms with E-state index in [1.807, 2.05) is 0 Å². The predicted octanol–water partition coefficient (Wildman–Crippen LogP) is 3.13. The highest BCUT2D eigenvalue weighted by Gasteiger charge is 2.16. The summed E-state index contributed by atoms with van der Waals surface area (Å²) >= 11 is 0.975. The zero-order chi connectivity index (χ0) is 21.0. The standard InChI is InChI=1S/C20H18FN3O4S/c1-12-18(26)23-20(24(19(12)27)15-8-6-13(21)7-9-15)29-11-17(25)22-14-4-3-5-16(10-14)28-2/h3-10,26H,11H2,1-2H3,(H,22,25). The third kappa shape index (κ3) is 4.75. The third-order valence-electron chi connectivity index (χ3n) is 4.02. The summed E-state index contributed by atoms with van der Waals surface area (Å²) in [5, 5.41) is 12.8. The van der Waals surface area contributed by atoms with Crippen LogP contribution in [0.25, 0.3) is 5.69 Å². The topological polar surface area (TPSA) is 93.5 Å². The number of amides is 1. The lowest BCUT2D eigenvalue weighted by Crippen LogP contribution is -2.24. The highest BCUT2D eigenvalue weighted by atomic mass is 32.2. The summed E-state index contributed by atoms with van der Waals surface area (Å²) in [7, 11) is 1.53. The van der Waals surface area contributed by atoms with E-state index in [2.05, 4.69) is 10.3 Å². The first-order valence-electron chi connectivity index (χ1n) is 8.54. The van der Waals surface area contributed by atoms with Gasteiger partial charge in [0.05, 0.1) is 24.1 Å². The number of hydrogen-bond donors (Lipinski definition) is 2. The van der Waals surface area contributed by atoms with Crippen molar-refractivity contribution < 1.29 is 19.0 Å². The van der Waals surface area contributed by atoms with Crippen LogP contribution in [0.15, 0.2) is 58.5 Å². The van der Waals surface area contributed by atoms with Crippen molar-refractivity contribution in [3.63, 3.8) is 0 Å². The molecule has 0 aliphatic heterocycles. The molecule has 0 aliphatic carbocycles. The molecular formula is C20H18FN3O4S. The van der Waals surface area contributed by atoms with E-state index in [4.69, 9.17) is 4.74 Å². The molecule has 0 bridgehead atoms. The zero-order valence-electron chi connectivity index (χ0n) is 15.7. The summed E-state index contributed by atoms with van der Waals surface area (Å²) in [5.74, 6) is -0.650. The molecule has 1 aromatic heterocycles. The molecule has 0 atom stereocenters. The molecule has 9 heteroatoms. The first kappa shape index (κ1) is 20.4. The number of nitrogens with zero attached hydrogens (tertiary/aromatic N) is 2. The van der Waals surface area contributed by atoms with Crippen molar-refractivity contribution in [2.45, 2.75) is 12.1 Å². The largest absolute Gasteiger partial charge is 0.497 e. The Morgan fingerprint density at radius 1 is 1.28 bits per heavy atom. The van der Waals surface area contributed by atoms with Gasteiger partial charge in [0, 0.05) is 11.8 Å². The molecule has 0 spiro atoms. The number of carbonyl (C=O) groups excluding carboxylic acids is 1. The van der Waals surface area contributed by atoms with Gasteiger partial charge in [0.1, 0.15) is 11.6 Å². The van der Waals surface area contributed by atoms with E-state index in [0.717, 1.165) is 11.8 Å². The van der Waals surface area contributed by atoms with Crippen molar-refractivity contribution in [2.24, 2.45) is 0 Å². The number of nitrogens with one attached hydrogen (secondary N) is 1. The maximum atomic E-state index is 13.3. The van der Waals surface area contributed by atoms with Crippen LogP contribution in [0.2, 0.25) is 0 Å². The highest BCUT2D eigenvalue weighted by molar-refractivity contribution is 7.99. The quantitative estimate of drug-likeness (QED) is 0.475. The molecule has 7 nitrogen and oxygen atoms in total. The number of aromatic nitrogens is 2. The van der Waals surface area contributed by atoms with Crippen LogP contribution in [0.4, 0.5) is 10.1 Å². The number of halogens is 1. The zero-order valence-corrected chi connectivity index (χ0v) is 16.5. The Kier molecular flexibility index (Phi) is 6.18. The number of benzene rings is 2. The summed E-state index contributed by atoms with van der Waals surface area (Å²) in [4.78, 5) is 29.0. The van der Waals surface area contributed by atoms with Gasteiger partial charge in [-0.1, -0.05) is 17.8 Å². The van der Waals surface area contributed by atoms with Gasteiger partial charge in [-0.15, -0.1) is 0 Å². The van der Waals surface area contributed by atoms with E-state index in [1.54, 1.807) is 24.3 Å². The smallest absolute Gasteiger partial charge is 0.265 e. The average Bonchev–Trinajstić information content (AvgIpc) is 2.71. The van der Waals surface area contributed by atoms with Crippen molar-refractivity contribution in [3.8, 4) is 17.3 Å². The summed E-state index contributed by atoms with van der Waals surface area (Å²) in [6.45, 7) is 1.44. The summed E-state index contributed by atoms with van der Waals surface area (Å²) in [6, 6.07) is 12.2. The molecule has 0 radical (unpaired) electrons. The van der Waals surface area contributed by atoms with Crippen LogP contribution < -0.4 is 15.6 Å². The van der Waals surface area contributed by atoms with Gasteiger partial charge in [-0.05, 0) is 43.3 Å². The Hall–Kier alpha value is -3.33. The molecule has 0 aliphatic rings. The van der Waals surface area contributed by atoms with Gasteiger partial charge in [-0.2, -0.15) is 4.98 Å². The number of anilines is 1. The van der Waals surface area contributed by atoms with Gasteiger partial charge in [-0.3, -0.25) is 14.2 Å². The maximum absolute atomic E-state index is 13.3. The van der Waals surface area contributed by atoms with Crippen molar-refractivity contribution in [1.29, 1.82) is 0 Å². The minimum atomic E-state index is -0.500. The van der Waals surface area contributed by atoms with E-state index in [9.17, 15) is 19.1 Å². The first-order chi connectivity index (χ1) is 13.9. The van der Waals surface area contributed by atoms with Gasteiger partial charge in [0.15, 0.2) is 5.16 Å². The molecule has 3 aromatic rings. The Bertz CT molecular complexity index is 1100. The number of carbonyl (C=O) groups is 1. The molecule has 0 saturated carbocycles. The second kappa shape index (κ2) is 8.78. The fourth-order valence-electron chi connectivity index (χ4n) is 2.52. The van der Waals surface area contributed by atoms with E-state index in [-0.39, 0.29) is 22.4 Å². The summed E-state index contributed by atoms with van der Waals surface area (Å²) < 4.78 is 19.6. The fraction of sp³-hybridized carbons (Fsp3) is 0.150. The van der Waals surface area contributed by atoms with E-state index in [0.29, 0.717) is 17.1 Å². The Labute approximate surface area is 170 Å². The van der Waals surface area contributed by atoms with E-state index in [1.165, 1.54) is 42.9 Å². The average molecular weight is 415 g/mol. The Balaban J connectivity index is 1.84. The second-order valence-corrected chi connectivity index (χ2v) is 6.97.